The van der Waals surface area contributed by atoms with Gasteiger partial charge in [-0.05, 0) is 64.7 Å². The summed E-state index contributed by atoms with van der Waals surface area (Å²) in [5.74, 6) is -0.817. The Bertz CT molecular complexity index is 1400. The van der Waals surface area contributed by atoms with Gasteiger partial charge >= 0.3 is 6.09 Å². The second kappa shape index (κ2) is 18.2. The van der Waals surface area contributed by atoms with Crippen molar-refractivity contribution >= 4 is 34.7 Å². The van der Waals surface area contributed by atoms with Gasteiger partial charge in [0.2, 0.25) is 11.8 Å². The minimum absolute atomic E-state index is 0.142. The van der Waals surface area contributed by atoms with Crippen LogP contribution in [0.2, 0.25) is 0 Å². The number of aryl methyl sites for hydroxylation is 1. The topological polar surface area (TPSA) is 173 Å². The van der Waals surface area contributed by atoms with Crippen molar-refractivity contribution < 1.29 is 42.9 Å². The number of carbonyl (C=O) groups is 4. The lowest BCUT2D eigenvalue weighted by molar-refractivity contribution is -0.135. The summed E-state index contributed by atoms with van der Waals surface area (Å²) in [6.45, 7) is 10.6. The number of nitrogens with one attached hydrogen (secondary N) is 3. The summed E-state index contributed by atoms with van der Waals surface area (Å²) in [5, 5.41) is 8.51. The Morgan fingerprint density at radius 3 is 2.17 bits per heavy atom. The smallest absolute Gasteiger partial charge is 0.407 e. The summed E-state index contributed by atoms with van der Waals surface area (Å²) >= 11 is 0. The molecule has 3 rings (SSSR count). The zero-order chi connectivity index (χ0) is 33.5. The number of aromatic nitrogens is 1. The zero-order valence-corrected chi connectivity index (χ0v) is 27.1. The van der Waals surface area contributed by atoms with Gasteiger partial charge in [-0.25, -0.2) is 4.79 Å². The molecule has 1 aromatic carbocycles. The largest absolute Gasteiger partial charge is 0.484 e. The number of hydrogen-bond acceptors (Lipinski definition) is 10. The fourth-order valence-corrected chi connectivity index (χ4v) is 4.66. The van der Waals surface area contributed by atoms with E-state index in [9.17, 15) is 24.0 Å². The molecule has 14 heteroatoms. The van der Waals surface area contributed by atoms with Gasteiger partial charge in [0, 0.05) is 50.2 Å². The molecule has 3 N–H and O–H groups in total. The van der Waals surface area contributed by atoms with E-state index >= 15 is 0 Å². The minimum atomic E-state index is -0.813. The minimum Gasteiger partial charge on any atom is -0.484 e. The summed E-state index contributed by atoms with van der Waals surface area (Å²) in [4.78, 5) is 60.8. The van der Waals surface area contributed by atoms with Crippen LogP contribution in [-0.2, 0) is 33.3 Å². The number of imide groups is 1. The fourth-order valence-electron chi connectivity index (χ4n) is 4.66. The maximum atomic E-state index is 12.9. The van der Waals surface area contributed by atoms with Crippen LogP contribution in [0.15, 0.2) is 29.1 Å². The van der Waals surface area contributed by atoms with Gasteiger partial charge in [0.1, 0.15) is 17.4 Å². The molecular weight excluding hydrogens is 600 g/mol. The zero-order valence-electron chi connectivity index (χ0n) is 27.1. The lowest BCUT2D eigenvalue weighted by atomic mass is 10.0. The van der Waals surface area contributed by atoms with E-state index in [1.165, 1.54) is 10.6 Å². The van der Waals surface area contributed by atoms with Crippen LogP contribution in [0.3, 0.4) is 0 Å². The first-order valence-corrected chi connectivity index (χ1v) is 15.5. The molecule has 0 radical (unpaired) electrons. The molecule has 1 saturated heterocycles. The predicted molar refractivity (Wildman–Crippen MR) is 169 cm³/mol. The van der Waals surface area contributed by atoms with Crippen LogP contribution in [-0.4, -0.2) is 93.3 Å². The van der Waals surface area contributed by atoms with E-state index in [-0.39, 0.29) is 36.8 Å². The van der Waals surface area contributed by atoms with Gasteiger partial charge in [0.05, 0.1) is 31.9 Å². The highest BCUT2D eigenvalue weighted by molar-refractivity contribution is 6.00. The van der Waals surface area contributed by atoms with E-state index in [0.717, 1.165) is 10.9 Å². The first kappa shape index (κ1) is 36.5. The molecule has 0 spiro atoms. The first-order valence-electron chi connectivity index (χ1n) is 15.5. The Morgan fingerprint density at radius 2 is 1.54 bits per heavy atom. The summed E-state index contributed by atoms with van der Waals surface area (Å²) in [5.41, 5.74) is 0.370. The number of alkyl carbamates (subject to hydrolysis) is 1. The molecule has 1 atom stereocenters. The van der Waals surface area contributed by atoms with Crippen LogP contribution in [0, 0.1) is 6.92 Å². The average molecular weight is 647 g/mol. The van der Waals surface area contributed by atoms with Crippen LogP contribution in [0.4, 0.5) is 4.79 Å². The number of piperidine rings is 1. The SMILES string of the molecule is Cc1cc(=O)n(C2CCC(=O)NC2=O)c2cc(OCC(=O)NCCCOCCOCCOCCCNC(=O)OC(C)(C)C)ccc12. The summed E-state index contributed by atoms with van der Waals surface area (Å²) in [6, 6.07) is 5.77. The molecule has 2 heterocycles. The van der Waals surface area contributed by atoms with E-state index in [1.54, 1.807) is 25.1 Å². The number of nitrogens with zero attached hydrogens (tertiary/aromatic N) is 1. The second-order valence-electron chi connectivity index (χ2n) is 11.8. The lowest BCUT2D eigenvalue weighted by Gasteiger charge is -2.25. The number of fused-ring (bicyclic) bond motifs is 1. The van der Waals surface area contributed by atoms with Crippen LogP contribution < -0.4 is 26.2 Å². The number of hydrogen-bond donors (Lipinski definition) is 3. The number of benzene rings is 1. The highest BCUT2D eigenvalue weighted by Crippen LogP contribution is 2.27. The molecule has 0 bridgehead atoms. The Labute approximate surface area is 268 Å². The van der Waals surface area contributed by atoms with Crippen LogP contribution >= 0.6 is 0 Å². The van der Waals surface area contributed by atoms with Crippen LogP contribution in [0.25, 0.3) is 10.9 Å². The molecule has 4 amide bonds. The first-order chi connectivity index (χ1) is 21.9. The fraction of sp³-hybridized carbons (Fsp3) is 0.594. The van der Waals surface area contributed by atoms with Gasteiger partial charge < -0.3 is 34.3 Å². The third kappa shape index (κ3) is 12.4. The summed E-state index contributed by atoms with van der Waals surface area (Å²) in [7, 11) is 0. The van der Waals surface area contributed by atoms with Crippen molar-refractivity contribution in [3.63, 3.8) is 0 Å². The molecule has 46 heavy (non-hydrogen) atoms. The number of ether oxygens (including phenoxy) is 5. The molecule has 14 nitrogen and oxygen atoms in total. The normalized spacial score (nSPS) is 15.0. The highest BCUT2D eigenvalue weighted by atomic mass is 16.6. The van der Waals surface area contributed by atoms with E-state index in [2.05, 4.69) is 16.0 Å². The van der Waals surface area contributed by atoms with Gasteiger partial charge in [-0.15, -0.1) is 0 Å². The van der Waals surface area contributed by atoms with E-state index in [0.29, 0.717) is 76.8 Å². The van der Waals surface area contributed by atoms with Gasteiger partial charge in [-0.1, -0.05) is 0 Å². The molecule has 2 aromatic rings. The van der Waals surface area contributed by atoms with Gasteiger partial charge in [-0.3, -0.25) is 29.1 Å². The number of rotatable bonds is 18. The van der Waals surface area contributed by atoms with Gasteiger partial charge in [0.15, 0.2) is 6.61 Å². The quantitative estimate of drug-likeness (QED) is 0.161. The lowest BCUT2D eigenvalue weighted by Crippen LogP contribution is -2.44. The monoisotopic (exact) mass is 646 g/mol. The number of amides is 4. The van der Waals surface area contributed by atoms with Gasteiger partial charge in [-0.2, -0.15) is 0 Å². The Morgan fingerprint density at radius 1 is 0.913 bits per heavy atom. The molecule has 0 saturated carbocycles. The van der Waals surface area contributed by atoms with E-state index in [4.69, 9.17) is 23.7 Å². The summed E-state index contributed by atoms with van der Waals surface area (Å²) < 4.78 is 28.7. The van der Waals surface area contributed by atoms with Crippen molar-refractivity contribution in [3.05, 3.63) is 40.2 Å². The Kier molecular flexibility index (Phi) is 14.4. The van der Waals surface area contributed by atoms with Crippen molar-refractivity contribution in [1.82, 2.24) is 20.5 Å². The van der Waals surface area contributed by atoms with Crippen LogP contribution in [0.1, 0.15) is 58.1 Å². The van der Waals surface area contributed by atoms with Crippen molar-refractivity contribution in [2.24, 2.45) is 0 Å². The number of carbonyl (C=O) groups excluding carboxylic acids is 4. The molecule has 1 aliphatic rings. The van der Waals surface area contributed by atoms with E-state index < -0.39 is 23.6 Å². The van der Waals surface area contributed by atoms with Crippen molar-refractivity contribution in [3.8, 4) is 5.75 Å². The van der Waals surface area contributed by atoms with Crippen molar-refractivity contribution in [2.45, 2.75) is 65.0 Å². The van der Waals surface area contributed by atoms with E-state index in [1.807, 2.05) is 20.8 Å². The molecule has 1 fully saturated rings. The van der Waals surface area contributed by atoms with Crippen LogP contribution in [0.5, 0.6) is 5.75 Å². The predicted octanol–water partition coefficient (Wildman–Crippen LogP) is 2.14. The Balaban J connectivity index is 1.25. The third-order valence-corrected chi connectivity index (χ3v) is 6.79. The second-order valence-corrected chi connectivity index (χ2v) is 11.8. The maximum absolute atomic E-state index is 12.9. The van der Waals surface area contributed by atoms with Crippen molar-refractivity contribution in [2.75, 3.05) is 59.3 Å². The average Bonchev–Trinajstić information content (AvgIpc) is 2.98. The van der Waals surface area contributed by atoms with Gasteiger partial charge in [0.25, 0.3) is 11.5 Å². The molecule has 1 aliphatic heterocycles. The molecular formula is C32H46N4O10. The molecule has 0 aliphatic carbocycles. The maximum Gasteiger partial charge on any atom is 0.407 e. The third-order valence-electron chi connectivity index (χ3n) is 6.79. The Hall–Kier alpha value is -4.01. The highest BCUT2D eigenvalue weighted by Gasteiger charge is 2.30. The standard InChI is InChI=1S/C32H46N4O10/c1-22-19-29(39)36(25-9-10-27(37)35-30(25)40)26-20-23(7-8-24(22)26)45-21-28(38)33-11-5-13-42-15-17-44-18-16-43-14-6-12-34-31(41)46-32(2,3)4/h7-8,19-20,25H,5-6,9-18,21H2,1-4H3,(H,33,38)(H,34,41)(H,35,37,40). The summed E-state index contributed by atoms with van der Waals surface area (Å²) in [6.07, 6.45) is 1.21. The number of pyridine rings is 1. The van der Waals surface area contributed by atoms with Crippen molar-refractivity contribution in [1.29, 1.82) is 0 Å². The molecule has 254 valence electrons. The molecule has 1 unspecified atom stereocenters. The molecule has 1 aromatic heterocycles.